The van der Waals surface area contributed by atoms with Crippen LogP contribution in [0.1, 0.15) is 19.3 Å². The van der Waals surface area contributed by atoms with E-state index in [9.17, 15) is 9.59 Å². The van der Waals surface area contributed by atoms with Crippen LogP contribution in [-0.2, 0) is 14.3 Å². The number of ether oxygens (including phenoxy) is 1. The number of hydrogen-bond acceptors (Lipinski definition) is 4. The van der Waals surface area contributed by atoms with Gasteiger partial charge in [-0.05, 0) is 19.3 Å². The van der Waals surface area contributed by atoms with Gasteiger partial charge >= 0.3 is 5.97 Å². The van der Waals surface area contributed by atoms with Crippen LogP contribution in [-0.4, -0.2) is 73.2 Å². The first-order valence-corrected chi connectivity index (χ1v) is 6.34. The number of carbonyl (C=O) groups is 2. The van der Waals surface area contributed by atoms with Gasteiger partial charge in [0, 0.05) is 26.7 Å². The Morgan fingerprint density at radius 1 is 1.22 bits per heavy atom. The average Bonchev–Trinajstić information content (AvgIpc) is 2.36. The fourth-order valence-corrected chi connectivity index (χ4v) is 2.06. The van der Waals surface area contributed by atoms with Crippen molar-refractivity contribution < 1.29 is 19.4 Å². The molecule has 0 saturated carbocycles. The smallest absolute Gasteiger partial charge is 0.317 e. The number of aliphatic carboxylic acids is 1. The lowest BCUT2D eigenvalue weighted by molar-refractivity contribution is -0.140. The molecule has 6 nitrogen and oxygen atoms in total. The van der Waals surface area contributed by atoms with Gasteiger partial charge in [0.2, 0.25) is 5.91 Å². The summed E-state index contributed by atoms with van der Waals surface area (Å²) in [5, 5.41) is 8.80. The molecule has 1 aliphatic rings. The van der Waals surface area contributed by atoms with Crippen molar-refractivity contribution in [3.63, 3.8) is 0 Å². The number of hydrogen-bond donors (Lipinski definition) is 1. The van der Waals surface area contributed by atoms with Crippen LogP contribution in [0.3, 0.4) is 0 Å². The average molecular weight is 258 g/mol. The molecule has 0 unspecified atom stereocenters. The Balaban J connectivity index is 2.41. The molecule has 1 fully saturated rings. The predicted octanol–water partition coefficient (Wildman–Crippen LogP) is 0.0319. The molecule has 0 aliphatic carbocycles. The Hall–Kier alpha value is -1.14. The Labute approximate surface area is 107 Å². The lowest BCUT2D eigenvalue weighted by atomic mass is 10.1. The standard InChI is InChI=1S/C12H22N2O4/c1-18-8-7-13(10-12(16)17)9-11(15)14-5-3-2-4-6-14/h2-10H2,1H3,(H,16,17). The summed E-state index contributed by atoms with van der Waals surface area (Å²) in [7, 11) is 1.56. The molecule has 1 amide bonds. The molecule has 0 spiro atoms. The van der Waals surface area contributed by atoms with Crippen molar-refractivity contribution in [3.05, 3.63) is 0 Å². The van der Waals surface area contributed by atoms with Crippen molar-refractivity contribution in [1.29, 1.82) is 0 Å². The summed E-state index contributed by atoms with van der Waals surface area (Å²) in [5.74, 6) is -0.899. The van der Waals surface area contributed by atoms with Crippen LogP contribution in [0.4, 0.5) is 0 Å². The van der Waals surface area contributed by atoms with E-state index < -0.39 is 5.97 Å². The number of likely N-dealkylation sites (tertiary alicyclic amines) is 1. The van der Waals surface area contributed by atoms with E-state index >= 15 is 0 Å². The third-order valence-electron chi connectivity index (χ3n) is 3.04. The van der Waals surface area contributed by atoms with Crippen molar-refractivity contribution in [2.75, 3.05) is 46.4 Å². The van der Waals surface area contributed by atoms with Gasteiger partial charge in [-0.25, -0.2) is 0 Å². The molecular weight excluding hydrogens is 236 g/mol. The number of carboxylic acid groups (broad SMARTS) is 1. The van der Waals surface area contributed by atoms with Gasteiger partial charge in [-0.3, -0.25) is 14.5 Å². The van der Waals surface area contributed by atoms with Gasteiger partial charge in [-0.15, -0.1) is 0 Å². The highest BCUT2D eigenvalue weighted by molar-refractivity contribution is 5.79. The maximum atomic E-state index is 12.0. The van der Waals surface area contributed by atoms with E-state index in [1.54, 1.807) is 12.0 Å². The molecule has 0 bridgehead atoms. The Bertz CT molecular complexity index is 277. The summed E-state index contributed by atoms with van der Waals surface area (Å²) in [4.78, 5) is 26.2. The molecule has 1 aliphatic heterocycles. The normalized spacial score (nSPS) is 16.0. The molecule has 1 N–H and O–H groups in total. The highest BCUT2D eigenvalue weighted by Gasteiger charge is 2.20. The van der Waals surface area contributed by atoms with E-state index in [-0.39, 0.29) is 19.0 Å². The van der Waals surface area contributed by atoms with E-state index in [4.69, 9.17) is 9.84 Å². The number of methoxy groups -OCH3 is 1. The summed E-state index contributed by atoms with van der Waals surface area (Å²) < 4.78 is 4.92. The van der Waals surface area contributed by atoms with E-state index in [1.807, 2.05) is 4.90 Å². The molecule has 6 heteroatoms. The van der Waals surface area contributed by atoms with Crippen molar-refractivity contribution in [1.82, 2.24) is 9.80 Å². The first kappa shape index (κ1) is 14.9. The van der Waals surface area contributed by atoms with Gasteiger partial charge in [0.1, 0.15) is 0 Å². The number of piperidine rings is 1. The number of nitrogens with zero attached hydrogens (tertiary/aromatic N) is 2. The maximum absolute atomic E-state index is 12.0. The molecule has 18 heavy (non-hydrogen) atoms. The van der Waals surface area contributed by atoms with E-state index in [0.717, 1.165) is 25.9 Å². The van der Waals surface area contributed by atoms with Crippen LogP contribution in [0.5, 0.6) is 0 Å². The quantitative estimate of drug-likeness (QED) is 0.698. The molecular formula is C12H22N2O4. The second-order valence-corrected chi connectivity index (χ2v) is 4.54. The summed E-state index contributed by atoms with van der Waals surface area (Å²) in [5.41, 5.74) is 0. The summed E-state index contributed by atoms with van der Waals surface area (Å²) >= 11 is 0. The largest absolute Gasteiger partial charge is 0.480 e. The SMILES string of the molecule is COCCN(CC(=O)O)CC(=O)N1CCCCC1. The van der Waals surface area contributed by atoms with Crippen molar-refractivity contribution in [2.45, 2.75) is 19.3 Å². The van der Waals surface area contributed by atoms with E-state index in [0.29, 0.717) is 13.2 Å². The zero-order chi connectivity index (χ0) is 13.4. The van der Waals surface area contributed by atoms with Crippen molar-refractivity contribution in [2.24, 2.45) is 0 Å². The van der Waals surface area contributed by atoms with Gasteiger partial charge < -0.3 is 14.7 Å². The molecule has 104 valence electrons. The van der Waals surface area contributed by atoms with E-state index in [2.05, 4.69) is 0 Å². The third-order valence-corrected chi connectivity index (χ3v) is 3.04. The minimum atomic E-state index is -0.919. The van der Waals surface area contributed by atoms with Gasteiger partial charge in [0.15, 0.2) is 0 Å². The predicted molar refractivity (Wildman–Crippen MR) is 66.4 cm³/mol. The van der Waals surface area contributed by atoms with Crippen LogP contribution in [0.25, 0.3) is 0 Å². The van der Waals surface area contributed by atoms with Crippen molar-refractivity contribution >= 4 is 11.9 Å². The molecule has 1 heterocycles. The van der Waals surface area contributed by atoms with Crippen LogP contribution in [0.2, 0.25) is 0 Å². The van der Waals surface area contributed by atoms with Crippen LogP contribution in [0, 0.1) is 0 Å². The Morgan fingerprint density at radius 2 is 1.89 bits per heavy atom. The lowest BCUT2D eigenvalue weighted by Gasteiger charge is -2.29. The first-order chi connectivity index (χ1) is 8.63. The maximum Gasteiger partial charge on any atom is 0.317 e. The zero-order valence-corrected chi connectivity index (χ0v) is 10.9. The molecule has 0 aromatic carbocycles. The molecule has 0 radical (unpaired) electrons. The fraction of sp³-hybridized carbons (Fsp3) is 0.833. The number of rotatable bonds is 7. The second-order valence-electron chi connectivity index (χ2n) is 4.54. The fourth-order valence-electron chi connectivity index (χ4n) is 2.06. The first-order valence-electron chi connectivity index (χ1n) is 6.34. The van der Waals surface area contributed by atoms with Gasteiger partial charge in [-0.2, -0.15) is 0 Å². The molecule has 1 saturated heterocycles. The molecule has 0 atom stereocenters. The molecule has 1 rings (SSSR count). The van der Waals surface area contributed by atoms with Crippen molar-refractivity contribution in [3.8, 4) is 0 Å². The van der Waals surface area contributed by atoms with Crippen LogP contribution < -0.4 is 0 Å². The van der Waals surface area contributed by atoms with Gasteiger partial charge in [-0.1, -0.05) is 0 Å². The topological polar surface area (TPSA) is 70.1 Å². The van der Waals surface area contributed by atoms with Gasteiger partial charge in [0.25, 0.3) is 0 Å². The minimum absolute atomic E-state index is 0.0204. The second kappa shape index (κ2) is 8.05. The highest BCUT2D eigenvalue weighted by Crippen LogP contribution is 2.09. The molecule has 0 aromatic rings. The Kier molecular flexibility index (Phi) is 6.67. The highest BCUT2D eigenvalue weighted by atomic mass is 16.5. The molecule has 0 aromatic heterocycles. The summed E-state index contributed by atoms with van der Waals surface area (Å²) in [6.45, 7) is 2.52. The van der Waals surface area contributed by atoms with E-state index in [1.165, 1.54) is 6.42 Å². The van der Waals surface area contributed by atoms with Crippen LogP contribution >= 0.6 is 0 Å². The van der Waals surface area contributed by atoms with Crippen LogP contribution in [0.15, 0.2) is 0 Å². The van der Waals surface area contributed by atoms with Gasteiger partial charge in [0.05, 0.1) is 19.7 Å². The monoisotopic (exact) mass is 258 g/mol. The number of amides is 1. The summed E-state index contributed by atoms with van der Waals surface area (Å²) in [6.07, 6.45) is 3.26. The third kappa shape index (κ3) is 5.46. The number of carboxylic acids is 1. The Morgan fingerprint density at radius 3 is 2.44 bits per heavy atom. The number of carbonyl (C=O) groups excluding carboxylic acids is 1. The summed E-state index contributed by atoms with van der Waals surface area (Å²) in [6, 6.07) is 0. The minimum Gasteiger partial charge on any atom is -0.480 e. The zero-order valence-electron chi connectivity index (χ0n) is 10.9. The lowest BCUT2D eigenvalue weighted by Crippen LogP contribution is -2.45.